The maximum Gasteiger partial charge on any atom is 0.311 e. The number of carboxylic acid groups (broad SMARTS) is 1. The molecule has 1 fully saturated rings. The minimum atomic E-state index is -0.849. The molecule has 2 aliphatic rings. The predicted octanol–water partition coefficient (Wildman–Crippen LogP) is 2.01. The summed E-state index contributed by atoms with van der Waals surface area (Å²) in [5.74, 6) is -0.538. The molecule has 1 heterocycles. The van der Waals surface area contributed by atoms with Gasteiger partial charge in [-0.05, 0) is 43.0 Å². The summed E-state index contributed by atoms with van der Waals surface area (Å²) in [5, 5.41) is 9.35. The third-order valence-corrected chi connectivity index (χ3v) is 4.03. The van der Waals surface area contributed by atoms with Crippen molar-refractivity contribution >= 4 is 17.6 Å². The number of amides is 1. The van der Waals surface area contributed by atoms with Gasteiger partial charge in [-0.15, -0.1) is 0 Å². The Balaban J connectivity index is 2.01. The maximum absolute atomic E-state index is 12.3. The van der Waals surface area contributed by atoms with Gasteiger partial charge in [-0.25, -0.2) is 0 Å². The number of anilines is 1. The summed E-state index contributed by atoms with van der Waals surface area (Å²) in [6.07, 6.45) is 2.35. The van der Waals surface area contributed by atoms with Crippen LogP contribution in [0.15, 0.2) is 18.2 Å². The zero-order valence-electron chi connectivity index (χ0n) is 11.3. The van der Waals surface area contributed by atoms with Gasteiger partial charge in [0.25, 0.3) is 0 Å². The van der Waals surface area contributed by atoms with E-state index in [1.807, 2.05) is 0 Å². The third kappa shape index (κ3) is 2.13. The Kier molecular flexibility index (Phi) is 3.12. The van der Waals surface area contributed by atoms with Crippen molar-refractivity contribution in [2.75, 3.05) is 18.6 Å². The second-order valence-electron chi connectivity index (χ2n) is 5.37. The van der Waals surface area contributed by atoms with E-state index >= 15 is 0 Å². The number of carbonyl (C=O) groups is 2. The zero-order chi connectivity index (χ0) is 14.3. The number of methoxy groups -OCH3 is 1. The highest BCUT2D eigenvalue weighted by atomic mass is 16.5. The van der Waals surface area contributed by atoms with Crippen LogP contribution in [0.1, 0.15) is 30.7 Å². The molecule has 1 amide bonds. The first kappa shape index (κ1) is 13.0. The Hall–Kier alpha value is -2.04. The lowest BCUT2D eigenvalue weighted by Gasteiger charge is -2.33. The first-order chi connectivity index (χ1) is 9.61. The molecule has 1 aliphatic heterocycles. The number of hydrogen-bond acceptors (Lipinski definition) is 3. The van der Waals surface area contributed by atoms with Gasteiger partial charge in [0.15, 0.2) is 0 Å². The largest absolute Gasteiger partial charge is 0.497 e. The summed E-state index contributed by atoms with van der Waals surface area (Å²) in [6.45, 7) is 0.478. The van der Waals surface area contributed by atoms with Crippen molar-refractivity contribution in [1.29, 1.82) is 0 Å². The molecular formula is C15H17NO4. The number of aliphatic carboxylic acids is 1. The number of ether oxygens (including phenoxy) is 1. The molecular weight excluding hydrogens is 258 g/mol. The van der Waals surface area contributed by atoms with Crippen LogP contribution in [0.5, 0.6) is 5.75 Å². The summed E-state index contributed by atoms with van der Waals surface area (Å²) in [5.41, 5.74) is 1.40. The lowest BCUT2D eigenvalue weighted by atomic mass is 9.89. The molecule has 1 aliphatic carbocycles. The molecule has 1 aromatic rings. The molecule has 1 saturated carbocycles. The molecule has 20 heavy (non-hydrogen) atoms. The molecule has 0 aromatic heterocycles. The predicted molar refractivity (Wildman–Crippen MR) is 73.1 cm³/mol. The summed E-state index contributed by atoms with van der Waals surface area (Å²) >= 11 is 0. The fourth-order valence-electron chi connectivity index (χ4n) is 2.75. The Morgan fingerprint density at radius 3 is 2.65 bits per heavy atom. The smallest absolute Gasteiger partial charge is 0.311 e. The molecule has 5 nitrogen and oxygen atoms in total. The zero-order valence-corrected chi connectivity index (χ0v) is 11.3. The van der Waals surface area contributed by atoms with Crippen LogP contribution in [0.4, 0.5) is 5.69 Å². The number of carbonyl (C=O) groups excluding carboxylic acids is 1. The number of benzene rings is 1. The normalized spacial score (nSPS) is 21.2. The summed E-state index contributed by atoms with van der Waals surface area (Å²) in [4.78, 5) is 25.4. The average molecular weight is 275 g/mol. The van der Waals surface area contributed by atoms with Gasteiger partial charge in [0.1, 0.15) is 5.75 Å². The van der Waals surface area contributed by atoms with Crippen molar-refractivity contribution in [2.45, 2.75) is 25.2 Å². The van der Waals surface area contributed by atoms with Crippen molar-refractivity contribution in [3.63, 3.8) is 0 Å². The second-order valence-corrected chi connectivity index (χ2v) is 5.37. The second kappa shape index (κ2) is 4.81. The Labute approximate surface area is 117 Å². The van der Waals surface area contributed by atoms with Gasteiger partial charge in [-0.2, -0.15) is 0 Å². The van der Waals surface area contributed by atoms with E-state index in [1.54, 1.807) is 30.2 Å². The van der Waals surface area contributed by atoms with E-state index in [1.165, 1.54) is 0 Å². The van der Waals surface area contributed by atoms with Crippen molar-refractivity contribution in [3.8, 4) is 5.75 Å². The fraction of sp³-hybridized carbons (Fsp3) is 0.467. The molecule has 3 rings (SSSR count). The van der Waals surface area contributed by atoms with Crippen LogP contribution in [0.2, 0.25) is 0 Å². The SMILES string of the molecule is COc1ccc2c(c1)C(C(=O)O)CCN2C(=O)C1CC1. The van der Waals surface area contributed by atoms with Gasteiger partial charge in [0, 0.05) is 18.2 Å². The number of fused-ring (bicyclic) bond motifs is 1. The first-order valence-electron chi connectivity index (χ1n) is 6.84. The van der Waals surface area contributed by atoms with Gasteiger partial charge < -0.3 is 14.7 Å². The third-order valence-electron chi connectivity index (χ3n) is 4.03. The van der Waals surface area contributed by atoms with E-state index in [9.17, 15) is 14.7 Å². The van der Waals surface area contributed by atoms with E-state index in [0.717, 1.165) is 18.5 Å². The van der Waals surface area contributed by atoms with E-state index < -0.39 is 11.9 Å². The van der Waals surface area contributed by atoms with E-state index in [2.05, 4.69) is 0 Å². The van der Waals surface area contributed by atoms with Crippen molar-refractivity contribution < 1.29 is 19.4 Å². The van der Waals surface area contributed by atoms with Crippen molar-refractivity contribution in [2.24, 2.45) is 5.92 Å². The van der Waals surface area contributed by atoms with Gasteiger partial charge in [-0.3, -0.25) is 9.59 Å². The van der Waals surface area contributed by atoms with Crippen LogP contribution in [0.3, 0.4) is 0 Å². The standard InChI is InChI=1S/C15H17NO4/c1-20-10-4-5-13-12(8-10)11(15(18)19)6-7-16(13)14(17)9-2-3-9/h4-5,8-9,11H,2-3,6-7H2,1H3,(H,18,19). The van der Waals surface area contributed by atoms with E-state index in [4.69, 9.17) is 4.74 Å². The number of hydrogen-bond donors (Lipinski definition) is 1. The van der Waals surface area contributed by atoms with Crippen LogP contribution in [-0.2, 0) is 9.59 Å². The van der Waals surface area contributed by atoms with Gasteiger partial charge >= 0.3 is 5.97 Å². The van der Waals surface area contributed by atoms with Gasteiger partial charge in [0.05, 0.1) is 13.0 Å². The minimum Gasteiger partial charge on any atom is -0.497 e. The highest BCUT2D eigenvalue weighted by Gasteiger charge is 2.38. The number of rotatable bonds is 3. The van der Waals surface area contributed by atoms with Crippen molar-refractivity contribution in [3.05, 3.63) is 23.8 Å². The molecule has 1 aromatic carbocycles. The number of carboxylic acids is 1. The Morgan fingerprint density at radius 1 is 1.30 bits per heavy atom. The molecule has 5 heteroatoms. The molecule has 0 spiro atoms. The topological polar surface area (TPSA) is 66.8 Å². The van der Waals surface area contributed by atoms with Crippen LogP contribution in [0, 0.1) is 5.92 Å². The molecule has 106 valence electrons. The quantitative estimate of drug-likeness (QED) is 0.916. The average Bonchev–Trinajstić information content (AvgIpc) is 3.29. The van der Waals surface area contributed by atoms with Crippen LogP contribution >= 0.6 is 0 Å². The van der Waals surface area contributed by atoms with Crippen LogP contribution in [0.25, 0.3) is 0 Å². The minimum absolute atomic E-state index is 0.125. The van der Waals surface area contributed by atoms with E-state index in [-0.39, 0.29) is 11.8 Å². The van der Waals surface area contributed by atoms with Gasteiger partial charge in [0.2, 0.25) is 5.91 Å². The van der Waals surface area contributed by atoms with Crippen molar-refractivity contribution in [1.82, 2.24) is 0 Å². The maximum atomic E-state index is 12.3. The summed E-state index contributed by atoms with van der Waals surface area (Å²) < 4.78 is 5.17. The molecule has 0 radical (unpaired) electrons. The van der Waals surface area contributed by atoms with Gasteiger partial charge in [-0.1, -0.05) is 0 Å². The highest BCUT2D eigenvalue weighted by molar-refractivity contribution is 5.99. The lowest BCUT2D eigenvalue weighted by Crippen LogP contribution is -2.39. The Bertz CT molecular complexity index is 565. The molecule has 1 unspecified atom stereocenters. The highest BCUT2D eigenvalue weighted by Crippen LogP contribution is 2.41. The lowest BCUT2D eigenvalue weighted by molar-refractivity contribution is -0.139. The monoisotopic (exact) mass is 275 g/mol. The molecule has 0 saturated heterocycles. The summed E-state index contributed by atoms with van der Waals surface area (Å²) in [7, 11) is 1.55. The van der Waals surface area contributed by atoms with Crippen LogP contribution in [-0.4, -0.2) is 30.6 Å². The van der Waals surface area contributed by atoms with E-state index in [0.29, 0.717) is 24.3 Å². The molecule has 0 bridgehead atoms. The molecule has 1 atom stereocenters. The van der Waals surface area contributed by atoms with Crippen LogP contribution < -0.4 is 9.64 Å². The number of nitrogens with zero attached hydrogens (tertiary/aromatic N) is 1. The Morgan fingerprint density at radius 2 is 2.05 bits per heavy atom. The first-order valence-corrected chi connectivity index (χ1v) is 6.84. The molecule has 1 N–H and O–H groups in total. The fourth-order valence-corrected chi connectivity index (χ4v) is 2.75. The summed E-state index contributed by atoms with van der Waals surface area (Å²) in [6, 6.07) is 5.31.